The molecule has 3 rings (SSSR count). The summed E-state index contributed by atoms with van der Waals surface area (Å²) in [5.74, 6) is 0.633. The molecule has 0 bridgehead atoms. The van der Waals surface area contributed by atoms with Crippen molar-refractivity contribution in [2.75, 3.05) is 0 Å². The van der Waals surface area contributed by atoms with Gasteiger partial charge in [0.15, 0.2) is 0 Å². The fourth-order valence-electron chi connectivity index (χ4n) is 4.63. The third kappa shape index (κ3) is 5.78. The Bertz CT molecular complexity index is 813. The summed E-state index contributed by atoms with van der Waals surface area (Å²) in [4.78, 5) is 0. The summed E-state index contributed by atoms with van der Waals surface area (Å²) in [5, 5.41) is 0. The largest absolute Gasteiger partial charge is 0.206 e. The third-order valence-corrected chi connectivity index (χ3v) is 6.44. The number of unbranched alkanes of at least 4 members (excludes halogenated alkanes) is 1. The third-order valence-electron chi connectivity index (χ3n) is 6.44. The zero-order chi connectivity index (χ0) is 20.6. The molecule has 0 N–H and O–H groups in total. The molecule has 29 heavy (non-hydrogen) atoms. The van der Waals surface area contributed by atoms with E-state index in [0.29, 0.717) is 17.0 Å². The average molecular weight is 397 g/mol. The fourth-order valence-corrected chi connectivity index (χ4v) is 4.63. The molecule has 2 heteroatoms. The van der Waals surface area contributed by atoms with Gasteiger partial charge in [-0.05, 0) is 80.5 Å². The highest BCUT2D eigenvalue weighted by Crippen LogP contribution is 2.39. The van der Waals surface area contributed by atoms with Gasteiger partial charge in [0.25, 0.3) is 0 Å². The minimum atomic E-state index is -0.342. The van der Waals surface area contributed by atoms with Gasteiger partial charge in [-0.3, -0.25) is 0 Å². The first-order chi connectivity index (χ1) is 14.1. The van der Waals surface area contributed by atoms with Crippen LogP contribution in [0, 0.1) is 17.6 Å². The van der Waals surface area contributed by atoms with Gasteiger partial charge in [-0.25, -0.2) is 8.78 Å². The number of rotatable bonds is 8. The Morgan fingerprint density at radius 3 is 2.24 bits per heavy atom. The Kier molecular flexibility index (Phi) is 8.03. The summed E-state index contributed by atoms with van der Waals surface area (Å²) in [6, 6.07) is 10.6. The van der Waals surface area contributed by atoms with Crippen molar-refractivity contribution in [2.45, 2.75) is 77.6 Å². The molecular weight excluding hydrogens is 362 g/mol. The summed E-state index contributed by atoms with van der Waals surface area (Å²) in [7, 11) is 0. The van der Waals surface area contributed by atoms with E-state index in [9.17, 15) is 8.78 Å². The SMILES string of the molecule is C/C=C/CCc1ccc(-c2ccc(C3CCC(CCCC)CC3)cc2F)c(F)c1. The number of benzene rings is 2. The lowest BCUT2D eigenvalue weighted by Crippen LogP contribution is -2.13. The van der Waals surface area contributed by atoms with E-state index in [1.807, 2.05) is 25.1 Å². The quantitative estimate of drug-likeness (QED) is 0.392. The molecule has 0 amide bonds. The van der Waals surface area contributed by atoms with Gasteiger partial charge in [-0.15, -0.1) is 0 Å². The smallest absolute Gasteiger partial charge is 0.131 e. The zero-order valence-corrected chi connectivity index (χ0v) is 17.9. The maximum Gasteiger partial charge on any atom is 0.131 e. The van der Waals surface area contributed by atoms with Crippen LogP contribution in [0.25, 0.3) is 11.1 Å². The second-order valence-corrected chi connectivity index (χ2v) is 8.52. The molecule has 1 saturated carbocycles. The van der Waals surface area contributed by atoms with Crippen LogP contribution in [-0.4, -0.2) is 0 Å². The van der Waals surface area contributed by atoms with Gasteiger partial charge in [0.05, 0.1) is 0 Å². The summed E-state index contributed by atoms with van der Waals surface area (Å²) in [6.07, 6.45) is 14.4. The average Bonchev–Trinajstić information content (AvgIpc) is 2.73. The van der Waals surface area contributed by atoms with Crippen molar-refractivity contribution in [2.24, 2.45) is 5.92 Å². The summed E-state index contributed by atoms with van der Waals surface area (Å²) >= 11 is 0. The predicted octanol–water partition coefficient (Wildman–Crippen LogP) is 8.60. The molecule has 0 nitrogen and oxygen atoms in total. The van der Waals surface area contributed by atoms with Gasteiger partial charge in [-0.2, -0.15) is 0 Å². The van der Waals surface area contributed by atoms with E-state index >= 15 is 0 Å². The van der Waals surface area contributed by atoms with E-state index in [-0.39, 0.29) is 11.6 Å². The Morgan fingerprint density at radius 2 is 1.62 bits per heavy atom. The second-order valence-electron chi connectivity index (χ2n) is 8.52. The zero-order valence-electron chi connectivity index (χ0n) is 17.9. The van der Waals surface area contributed by atoms with Crippen molar-refractivity contribution in [1.82, 2.24) is 0 Å². The van der Waals surface area contributed by atoms with E-state index in [0.717, 1.165) is 42.7 Å². The molecule has 0 aliphatic heterocycles. The predicted molar refractivity (Wildman–Crippen MR) is 119 cm³/mol. The number of allylic oxidation sites excluding steroid dienone is 2. The monoisotopic (exact) mass is 396 g/mol. The van der Waals surface area contributed by atoms with Crippen LogP contribution in [0.4, 0.5) is 8.78 Å². The van der Waals surface area contributed by atoms with Gasteiger partial charge in [0, 0.05) is 11.1 Å². The van der Waals surface area contributed by atoms with Crippen LogP contribution in [-0.2, 0) is 6.42 Å². The number of hydrogen-bond donors (Lipinski definition) is 0. The van der Waals surface area contributed by atoms with Crippen LogP contribution in [0.15, 0.2) is 48.6 Å². The van der Waals surface area contributed by atoms with Crippen LogP contribution < -0.4 is 0 Å². The van der Waals surface area contributed by atoms with Crippen LogP contribution in [0.5, 0.6) is 0 Å². The van der Waals surface area contributed by atoms with Gasteiger partial charge < -0.3 is 0 Å². The lowest BCUT2D eigenvalue weighted by molar-refractivity contribution is 0.304. The van der Waals surface area contributed by atoms with Crippen LogP contribution in [0.2, 0.25) is 0 Å². The standard InChI is InChI=1S/C27H34F2/c1-3-5-7-9-21-12-16-24(26(28)18-21)25-17-15-23(19-27(25)29)22-13-10-20(11-14-22)8-6-4-2/h3,5,12,15-20,22H,4,6-11,13-14H2,1-2H3/b5-3+. The summed E-state index contributed by atoms with van der Waals surface area (Å²) < 4.78 is 29.5. The summed E-state index contributed by atoms with van der Waals surface area (Å²) in [6.45, 7) is 4.23. The van der Waals surface area contributed by atoms with Crippen LogP contribution >= 0.6 is 0 Å². The molecule has 0 atom stereocenters. The minimum absolute atomic E-state index is 0.309. The second kappa shape index (κ2) is 10.7. The minimum Gasteiger partial charge on any atom is -0.206 e. The van der Waals surface area contributed by atoms with E-state index in [1.54, 1.807) is 24.3 Å². The Hall–Kier alpha value is -1.96. The van der Waals surface area contributed by atoms with Crippen LogP contribution in [0.1, 0.15) is 82.3 Å². The van der Waals surface area contributed by atoms with E-state index in [2.05, 4.69) is 13.0 Å². The fraction of sp³-hybridized carbons (Fsp3) is 0.481. The lowest BCUT2D eigenvalue weighted by atomic mass is 9.77. The van der Waals surface area contributed by atoms with E-state index < -0.39 is 0 Å². The van der Waals surface area contributed by atoms with Crippen molar-refractivity contribution in [3.8, 4) is 11.1 Å². The molecule has 0 aromatic heterocycles. The first kappa shape index (κ1) is 21.7. The van der Waals surface area contributed by atoms with Gasteiger partial charge in [-0.1, -0.05) is 62.6 Å². The normalized spacial score (nSPS) is 19.7. The Balaban J connectivity index is 1.68. The molecule has 1 fully saturated rings. The molecule has 1 aliphatic carbocycles. The molecular formula is C27H34F2. The van der Waals surface area contributed by atoms with Crippen LogP contribution in [0.3, 0.4) is 0 Å². The Morgan fingerprint density at radius 1 is 0.931 bits per heavy atom. The molecule has 0 heterocycles. The van der Waals surface area contributed by atoms with Crippen molar-refractivity contribution in [3.63, 3.8) is 0 Å². The highest BCUT2D eigenvalue weighted by Gasteiger charge is 2.23. The summed E-state index contributed by atoms with van der Waals surface area (Å²) in [5.41, 5.74) is 2.74. The first-order valence-corrected chi connectivity index (χ1v) is 11.3. The van der Waals surface area contributed by atoms with Crippen molar-refractivity contribution in [3.05, 3.63) is 71.3 Å². The highest BCUT2D eigenvalue weighted by atomic mass is 19.1. The first-order valence-electron chi connectivity index (χ1n) is 11.3. The molecule has 0 spiro atoms. The Labute approximate surface area is 175 Å². The molecule has 0 saturated heterocycles. The maximum atomic E-state index is 14.9. The molecule has 0 unspecified atom stereocenters. The number of aryl methyl sites for hydroxylation is 1. The molecule has 2 aromatic carbocycles. The molecule has 156 valence electrons. The van der Waals surface area contributed by atoms with Crippen molar-refractivity contribution < 1.29 is 8.78 Å². The molecule has 2 aromatic rings. The number of hydrogen-bond acceptors (Lipinski definition) is 0. The van der Waals surface area contributed by atoms with Crippen molar-refractivity contribution in [1.29, 1.82) is 0 Å². The highest BCUT2D eigenvalue weighted by molar-refractivity contribution is 5.65. The van der Waals surface area contributed by atoms with E-state index in [1.165, 1.54) is 32.1 Å². The topological polar surface area (TPSA) is 0 Å². The molecule has 1 aliphatic rings. The molecule has 0 radical (unpaired) electrons. The number of halogens is 2. The van der Waals surface area contributed by atoms with E-state index in [4.69, 9.17) is 0 Å². The maximum absolute atomic E-state index is 14.9. The van der Waals surface area contributed by atoms with Gasteiger partial charge in [0.1, 0.15) is 11.6 Å². The lowest BCUT2D eigenvalue weighted by Gasteiger charge is -2.29. The van der Waals surface area contributed by atoms with Gasteiger partial charge in [0.2, 0.25) is 0 Å². The van der Waals surface area contributed by atoms with Gasteiger partial charge >= 0.3 is 0 Å². The van der Waals surface area contributed by atoms with Crippen molar-refractivity contribution >= 4 is 0 Å².